The Kier molecular flexibility index (Phi) is 8.31. The van der Waals surface area contributed by atoms with E-state index in [0.29, 0.717) is 13.2 Å². The van der Waals surface area contributed by atoms with E-state index < -0.39 is 0 Å². The Labute approximate surface area is 122 Å². The third-order valence-corrected chi connectivity index (χ3v) is 3.86. The van der Waals surface area contributed by atoms with Crippen LogP contribution in [0, 0.1) is 11.8 Å². The smallest absolute Gasteiger partial charge is 0.309 e. The van der Waals surface area contributed by atoms with E-state index in [4.69, 9.17) is 9.47 Å². The van der Waals surface area contributed by atoms with E-state index in [0.717, 1.165) is 51.4 Å². The average molecular weight is 284 g/mol. The van der Waals surface area contributed by atoms with Crippen LogP contribution in [0.2, 0.25) is 0 Å². The number of hydrogen-bond donors (Lipinski definition) is 0. The first-order valence-electron chi connectivity index (χ1n) is 8.04. The second kappa shape index (κ2) is 9.78. The number of ether oxygens (including phenoxy) is 2. The first kappa shape index (κ1) is 17.0. The van der Waals surface area contributed by atoms with Gasteiger partial charge in [0.25, 0.3) is 0 Å². The highest BCUT2D eigenvalue weighted by atomic mass is 16.5. The monoisotopic (exact) mass is 284 g/mol. The summed E-state index contributed by atoms with van der Waals surface area (Å²) in [5.41, 5.74) is 0. The second-order valence-electron chi connectivity index (χ2n) is 5.54. The highest BCUT2D eigenvalue weighted by Gasteiger charge is 2.37. The SMILES string of the molecule is CCCCOC(=O)[C@H]1CCCC[C@@H]1C(=O)OCCCC. The van der Waals surface area contributed by atoms with E-state index in [1.54, 1.807) is 0 Å². The number of rotatable bonds is 8. The maximum absolute atomic E-state index is 12.1. The lowest BCUT2D eigenvalue weighted by atomic mass is 9.79. The van der Waals surface area contributed by atoms with Crippen molar-refractivity contribution in [1.82, 2.24) is 0 Å². The summed E-state index contributed by atoms with van der Waals surface area (Å²) >= 11 is 0. The van der Waals surface area contributed by atoms with E-state index in [9.17, 15) is 9.59 Å². The molecule has 1 aliphatic carbocycles. The van der Waals surface area contributed by atoms with Crippen molar-refractivity contribution in [2.75, 3.05) is 13.2 Å². The van der Waals surface area contributed by atoms with E-state index >= 15 is 0 Å². The molecule has 0 aromatic heterocycles. The van der Waals surface area contributed by atoms with Gasteiger partial charge < -0.3 is 9.47 Å². The molecule has 0 unspecified atom stereocenters. The van der Waals surface area contributed by atoms with Crippen molar-refractivity contribution in [2.45, 2.75) is 65.2 Å². The van der Waals surface area contributed by atoms with Crippen molar-refractivity contribution in [3.05, 3.63) is 0 Å². The van der Waals surface area contributed by atoms with Crippen LogP contribution >= 0.6 is 0 Å². The van der Waals surface area contributed by atoms with Crippen LogP contribution < -0.4 is 0 Å². The molecule has 0 aliphatic heterocycles. The number of unbranched alkanes of at least 4 members (excludes halogenated alkanes) is 2. The van der Waals surface area contributed by atoms with Gasteiger partial charge in [0, 0.05) is 0 Å². The van der Waals surface area contributed by atoms with Gasteiger partial charge in [-0.05, 0) is 25.7 Å². The van der Waals surface area contributed by atoms with Gasteiger partial charge in [0.05, 0.1) is 25.0 Å². The van der Waals surface area contributed by atoms with E-state index in [1.807, 2.05) is 0 Å². The van der Waals surface area contributed by atoms with E-state index in [2.05, 4.69) is 13.8 Å². The summed E-state index contributed by atoms with van der Waals surface area (Å²) in [5, 5.41) is 0. The molecule has 4 heteroatoms. The van der Waals surface area contributed by atoms with Crippen LogP contribution in [0.15, 0.2) is 0 Å². The number of hydrogen-bond acceptors (Lipinski definition) is 4. The molecular weight excluding hydrogens is 256 g/mol. The minimum Gasteiger partial charge on any atom is -0.465 e. The number of esters is 2. The Hall–Kier alpha value is -1.06. The number of carbonyl (C=O) groups excluding carboxylic acids is 2. The molecule has 1 rings (SSSR count). The first-order valence-corrected chi connectivity index (χ1v) is 8.04. The van der Waals surface area contributed by atoms with Crippen LogP contribution in [0.3, 0.4) is 0 Å². The molecule has 0 heterocycles. The maximum atomic E-state index is 12.1. The largest absolute Gasteiger partial charge is 0.465 e. The summed E-state index contributed by atoms with van der Waals surface area (Å²) in [6, 6.07) is 0. The van der Waals surface area contributed by atoms with Crippen LogP contribution in [0.5, 0.6) is 0 Å². The molecule has 1 saturated carbocycles. The molecule has 1 aliphatic rings. The normalized spacial score (nSPS) is 22.3. The third-order valence-electron chi connectivity index (χ3n) is 3.86. The Bertz CT molecular complexity index is 271. The Morgan fingerprint density at radius 2 is 1.25 bits per heavy atom. The lowest BCUT2D eigenvalue weighted by Crippen LogP contribution is -2.35. The summed E-state index contributed by atoms with van der Waals surface area (Å²) in [6.45, 7) is 5.04. The highest BCUT2D eigenvalue weighted by molar-refractivity contribution is 5.82. The predicted molar refractivity (Wildman–Crippen MR) is 77.2 cm³/mol. The molecule has 4 nitrogen and oxygen atoms in total. The summed E-state index contributed by atoms with van der Waals surface area (Å²) in [6.07, 6.45) is 7.24. The van der Waals surface area contributed by atoms with E-state index in [1.165, 1.54) is 0 Å². The summed E-state index contributed by atoms with van der Waals surface area (Å²) in [4.78, 5) is 24.2. The highest BCUT2D eigenvalue weighted by Crippen LogP contribution is 2.32. The zero-order chi connectivity index (χ0) is 14.8. The van der Waals surface area contributed by atoms with Crippen molar-refractivity contribution < 1.29 is 19.1 Å². The van der Waals surface area contributed by atoms with Gasteiger partial charge in [0.2, 0.25) is 0 Å². The maximum Gasteiger partial charge on any atom is 0.309 e. The van der Waals surface area contributed by atoms with Crippen LogP contribution in [0.25, 0.3) is 0 Å². The fraction of sp³-hybridized carbons (Fsp3) is 0.875. The van der Waals surface area contributed by atoms with Gasteiger partial charge in [0.1, 0.15) is 0 Å². The molecule has 0 aromatic carbocycles. The molecule has 0 spiro atoms. The zero-order valence-corrected chi connectivity index (χ0v) is 12.9. The Balaban J connectivity index is 2.48. The van der Waals surface area contributed by atoms with Gasteiger partial charge in [-0.25, -0.2) is 0 Å². The minimum atomic E-state index is -0.297. The molecule has 0 aromatic rings. The number of carbonyl (C=O) groups is 2. The second-order valence-corrected chi connectivity index (χ2v) is 5.54. The lowest BCUT2D eigenvalue weighted by molar-refractivity contribution is -0.163. The Morgan fingerprint density at radius 1 is 0.850 bits per heavy atom. The van der Waals surface area contributed by atoms with Crippen LogP contribution in [0.1, 0.15) is 65.2 Å². The van der Waals surface area contributed by atoms with Crippen molar-refractivity contribution in [3.63, 3.8) is 0 Å². The fourth-order valence-corrected chi connectivity index (χ4v) is 2.54. The summed E-state index contributed by atoms with van der Waals surface area (Å²) in [7, 11) is 0. The van der Waals surface area contributed by atoms with Crippen molar-refractivity contribution in [1.29, 1.82) is 0 Å². The fourth-order valence-electron chi connectivity index (χ4n) is 2.54. The zero-order valence-electron chi connectivity index (χ0n) is 12.9. The molecule has 2 atom stereocenters. The predicted octanol–water partition coefficient (Wildman–Crippen LogP) is 3.48. The van der Waals surface area contributed by atoms with E-state index in [-0.39, 0.29) is 23.8 Å². The molecule has 0 bridgehead atoms. The van der Waals surface area contributed by atoms with Gasteiger partial charge in [-0.15, -0.1) is 0 Å². The average Bonchev–Trinajstić information content (AvgIpc) is 2.47. The van der Waals surface area contributed by atoms with Gasteiger partial charge in [0.15, 0.2) is 0 Å². The van der Waals surface area contributed by atoms with Crippen LogP contribution in [-0.2, 0) is 19.1 Å². The van der Waals surface area contributed by atoms with Crippen molar-refractivity contribution in [3.8, 4) is 0 Å². The van der Waals surface area contributed by atoms with Crippen LogP contribution in [0.4, 0.5) is 0 Å². The topological polar surface area (TPSA) is 52.6 Å². The molecule has 20 heavy (non-hydrogen) atoms. The lowest BCUT2D eigenvalue weighted by Gasteiger charge is -2.28. The van der Waals surface area contributed by atoms with Crippen molar-refractivity contribution >= 4 is 11.9 Å². The molecule has 1 fully saturated rings. The minimum absolute atomic E-state index is 0.212. The third kappa shape index (κ3) is 5.51. The molecule has 0 N–H and O–H groups in total. The molecule has 0 saturated heterocycles. The first-order chi connectivity index (χ1) is 9.70. The molecular formula is C16H28O4. The Morgan fingerprint density at radius 3 is 1.60 bits per heavy atom. The van der Waals surface area contributed by atoms with Gasteiger partial charge >= 0.3 is 11.9 Å². The van der Waals surface area contributed by atoms with Gasteiger partial charge in [-0.1, -0.05) is 39.5 Å². The quantitative estimate of drug-likeness (QED) is 0.506. The summed E-state index contributed by atoms with van der Waals surface area (Å²) < 4.78 is 10.6. The molecule has 0 amide bonds. The summed E-state index contributed by atoms with van der Waals surface area (Å²) in [5.74, 6) is -1.02. The van der Waals surface area contributed by atoms with Gasteiger partial charge in [-0.2, -0.15) is 0 Å². The standard InChI is InChI=1S/C16H28O4/c1-3-5-11-19-15(17)13-9-7-8-10-14(13)16(18)20-12-6-4-2/h13-14H,3-12H2,1-2H3/t13-,14-/m0/s1. The molecule has 116 valence electrons. The molecule has 0 radical (unpaired) electrons. The van der Waals surface area contributed by atoms with Crippen molar-refractivity contribution in [2.24, 2.45) is 11.8 Å². The van der Waals surface area contributed by atoms with Gasteiger partial charge in [-0.3, -0.25) is 9.59 Å². The van der Waals surface area contributed by atoms with Crippen LogP contribution in [-0.4, -0.2) is 25.2 Å².